The van der Waals surface area contributed by atoms with E-state index >= 15 is 0 Å². The summed E-state index contributed by atoms with van der Waals surface area (Å²) in [7, 11) is 1.31. The van der Waals surface area contributed by atoms with Crippen LogP contribution in [0.15, 0.2) is 12.3 Å². The average Bonchev–Trinajstić information content (AvgIpc) is 2.39. The van der Waals surface area contributed by atoms with Crippen LogP contribution in [0.4, 0.5) is 11.5 Å². The second-order valence-electron chi connectivity index (χ2n) is 4.04. The molecule has 1 aromatic heterocycles. The van der Waals surface area contributed by atoms with Gasteiger partial charge in [-0.25, -0.2) is 9.78 Å². The largest absolute Gasteiger partial charge is 0.465 e. The molecule has 0 aromatic carbocycles. The fourth-order valence-electron chi connectivity index (χ4n) is 1.99. The van der Waals surface area contributed by atoms with Gasteiger partial charge in [0.15, 0.2) is 5.82 Å². The average molecular weight is 249 g/mol. The molecule has 1 atom stereocenters. The third-order valence-electron chi connectivity index (χ3n) is 3.01. The van der Waals surface area contributed by atoms with Crippen LogP contribution in [0.1, 0.15) is 24.2 Å². The molecule has 1 N–H and O–H groups in total. The van der Waals surface area contributed by atoms with E-state index in [4.69, 9.17) is 0 Å². The maximum absolute atomic E-state index is 11.8. The van der Waals surface area contributed by atoms with Crippen LogP contribution in [0.5, 0.6) is 0 Å². The number of hydrogen-bond acceptors (Lipinski definition) is 5. The van der Waals surface area contributed by atoms with Gasteiger partial charge in [-0.1, -0.05) is 0 Å². The number of fused-ring (bicyclic) bond motifs is 1. The number of anilines is 2. The van der Waals surface area contributed by atoms with Gasteiger partial charge in [0.05, 0.1) is 18.4 Å². The van der Waals surface area contributed by atoms with Crippen LogP contribution in [0, 0.1) is 0 Å². The second-order valence-corrected chi connectivity index (χ2v) is 4.04. The number of aromatic nitrogens is 1. The molecule has 0 saturated carbocycles. The minimum absolute atomic E-state index is 0.104. The van der Waals surface area contributed by atoms with Crippen LogP contribution >= 0.6 is 0 Å². The summed E-state index contributed by atoms with van der Waals surface area (Å²) < 4.78 is 4.62. The predicted molar refractivity (Wildman–Crippen MR) is 66.7 cm³/mol. The smallest absolute Gasteiger partial charge is 0.339 e. The van der Waals surface area contributed by atoms with E-state index in [1.165, 1.54) is 13.3 Å². The molecule has 1 aliphatic rings. The van der Waals surface area contributed by atoms with Crippen molar-refractivity contribution < 1.29 is 14.3 Å². The highest BCUT2D eigenvalue weighted by atomic mass is 16.5. The van der Waals surface area contributed by atoms with Gasteiger partial charge in [0.25, 0.3) is 0 Å². The quantitative estimate of drug-likeness (QED) is 0.793. The van der Waals surface area contributed by atoms with Crippen molar-refractivity contribution in [2.45, 2.75) is 19.9 Å². The van der Waals surface area contributed by atoms with Gasteiger partial charge in [0.1, 0.15) is 6.04 Å². The van der Waals surface area contributed by atoms with Gasteiger partial charge >= 0.3 is 5.97 Å². The first kappa shape index (κ1) is 12.3. The molecule has 6 nitrogen and oxygen atoms in total. The van der Waals surface area contributed by atoms with Gasteiger partial charge in [-0.05, 0) is 19.9 Å². The fourth-order valence-corrected chi connectivity index (χ4v) is 1.99. The summed E-state index contributed by atoms with van der Waals surface area (Å²) in [4.78, 5) is 29.3. The number of ether oxygens (including phenoxy) is 1. The number of nitrogens with one attached hydrogen (secondary N) is 1. The minimum atomic E-state index is -0.471. The van der Waals surface area contributed by atoms with Crippen molar-refractivity contribution in [1.82, 2.24) is 4.98 Å². The van der Waals surface area contributed by atoms with Crippen LogP contribution in [0.2, 0.25) is 0 Å². The zero-order valence-corrected chi connectivity index (χ0v) is 10.6. The molecule has 0 aliphatic carbocycles. The van der Waals surface area contributed by atoms with Crippen LogP contribution in [0.25, 0.3) is 0 Å². The number of pyridine rings is 1. The zero-order chi connectivity index (χ0) is 13.3. The number of likely N-dealkylation sites (N-methyl/N-ethyl adjacent to an activating group) is 1. The van der Waals surface area contributed by atoms with Gasteiger partial charge in [0, 0.05) is 12.7 Å². The van der Waals surface area contributed by atoms with E-state index in [0.29, 0.717) is 23.6 Å². The molecular formula is C12H15N3O3. The van der Waals surface area contributed by atoms with Crippen LogP contribution in [0.3, 0.4) is 0 Å². The summed E-state index contributed by atoms with van der Waals surface area (Å²) in [6, 6.07) is 1.32. The number of rotatable bonds is 2. The Morgan fingerprint density at radius 1 is 1.61 bits per heavy atom. The summed E-state index contributed by atoms with van der Waals surface area (Å²) >= 11 is 0. The molecule has 0 saturated heterocycles. The van der Waals surface area contributed by atoms with Crippen molar-refractivity contribution in [3.8, 4) is 0 Å². The molecule has 0 unspecified atom stereocenters. The van der Waals surface area contributed by atoms with Crippen molar-refractivity contribution in [3.63, 3.8) is 0 Å². The molecule has 1 aliphatic heterocycles. The Morgan fingerprint density at radius 2 is 2.33 bits per heavy atom. The number of methoxy groups -OCH3 is 1. The predicted octanol–water partition coefficient (Wildman–Crippen LogP) is 1.04. The number of carbonyl (C=O) groups excluding carboxylic acids is 2. The Hall–Kier alpha value is -2.11. The third-order valence-corrected chi connectivity index (χ3v) is 3.01. The van der Waals surface area contributed by atoms with E-state index in [0.717, 1.165) is 0 Å². The summed E-state index contributed by atoms with van der Waals surface area (Å²) in [6.07, 6.45) is 1.46. The lowest BCUT2D eigenvalue weighted by atomic mass is 10.1. The van der Waals surface area contributed by atoms with E-state index in [-0.39, 0.29) is 11.9 Å². The highest BCUT2D eigenvalue weighted by Gasteiger charge is 2.30. The molecule has 96 valence electrons. The van der Waals surface area contributed by atoms with Crippen molar-refractivity contribution in [2.75, 3.05) is 23.9 Å². The molecule has 2 rings (SSSR count). The minimum Gasteiger partial charge on any atom is -0.465 e. The van der Waals surface area contributed by atoms with Crippen LogP contribution < -0.4 is 10.2 Å². The van der Waals surface area contributed by atoms with Crippen molar-refractivity contribution >= 4 is 23.4 Å². The van der Waals surface area contributed by atoms with E-state index < -0.39 is 5.97 Å². The van der Waals surface area contributed by atoms with Crippen LogP contribution in [-0.4, -0.2) is 36.6 Å². The first-order valence-corrected chi connectivity index (χ1v) is 5.74. The Labute approximate surface area is 105 Å². The third kappa shape index (κ3) is 1.90. The van der Waals surface area contributed by atoms with Crippen molar-refractivity contribution in [2.24, 2.45) is 0 Å². The normalized spacial score (nSPS) is 18.1. The maximum atomic E-state index is 11.8. The van der Waals surface area contributed by atoms with Gasteiger partial charge in [-0.2, -0.15) is 0 Å². The Morgan fingerprint density at radius 3 is 2.94 bits per heavy atom. The molecule has 2 heterocycles. The molecule has 1 aromatic rings. The van der Waals surface area contributed by atoms with Gasteiger partial charge < -0.3 is 15.0 Å². The van der Waals surface area contributed by atoms with E-state index in [2.05, 4.69) is 15.0 Å². The van der Waals surface area contributed by atoms with Gasteiger partial charge in [-0.3, -0.25) is 4.79 Å². The van der Waals surface area contributed by atoms with Crippen LogP contribution in [-0.2, 0) is 9.53 Å². The Bertz CT molecular complexity index is 501. The molecule has 0 spiro atoms. The van der Waals surface area contributed by atoms with Crippen molar-refractivity contribution in [3.05, 3.63) is 17.8 Å². The van der Waals surface area contributed by atoms with E-state index in [9.17, 15) is 9.59 Å². The van der Waals surface area contributed by atoms with E-state index in [1.807, 2.05) is 18.7 Å². The SMILES string of the molecule is CCN1c2ncc(C(=O)OC)cc2NC(=O)[C@@H]1C. The maximum Gasteiger partial charge on any atom is 0.339 e. The molecule has 18 heavy (non-hydrogen) atoms. The van der Waals surface area contributed by atoms with Gasteiger partial charge in [-0.15, -0.1) is 0 Å². The number of hydrogen-bond donors (Lipinski definition) is 1. The molecule has 6 heteroatoms. The Kier molecular flexibility index (Phi) is 3.18. The molecule has 0 fully saturated rings. The number of nitrogens with zero attached hydrogens (tertiary/aromatic N) is 2. The summed E-state index contributed by atoms with van der Waals surface area (Å²) in [5.41, 5.74) is 0.866. The van der Waals surface area contributed by atoms with Gasteiger partial charge in [0.2, 0.25) is 5.91 Å². The molecule has 0 bridgehead atoms. The summed E-state index contributed by atoms with van der Waals surface area (Å²) in [5.74, 6) is 0.103. The Balaban J connectivity index is 2.45. The fraction of sp³-hybridized carbons (Fsp3) is 0.417. The first-order valence-electron chi connectivity index (χ1n) is 5.74. The van der Waals surface area contributed by atoms with E-state index in [1.54, 1.807) is 6.07 Å². The summed E-state index contributed by atoms with van der Waals surface area (Å²) in [5, 5.41) is 2.74. The standard InChI is InChI=1S/C12H15N3O3/c1-4-15-7(2)11(16)14-9-5-8(12(17)18-3)6-13-10(9)15/h5-7H,4H2,1-3H3,(H,14,16)/t7-/m0/s1. The van der Waals surface area contributed by atoms with Crippen molar-refractivity contribution in [1.29, 1.82) is 0 Å². The lowest BCUT2D eigenvalue weighted by Gasteiger charge is -2.34. The first-order chi connectivity index (χ1) is 8.58. The number of amides is 1. The zero-order valence-electron chi connectivity index (χ0n) is 10.6. The summed E-state index contributed by atoms with van der Waals surface area (Å²) in [6.45, 7) is 4.44. The topological polar surface area (TPSA) is 71.5 Å². The highest BCUT2D eigenvalue weighted by molar-refractivity contribution is 6.03. The molecule has 1 amide bonds. The second kappa shape index (κ2) is 4.64. The molecular weight excluding hydrogens is 234 g/mol. The highest BCUT2D eigenvalue weighted by Crippen LogP contribution is 2.30. The number of carbonyl (C=O) groups is 2. The number of esters is 1. The molecule has 0 radical (unpaired) electrons. The lowest BCUT2D eigenvalue weighted by molar-refractivity contribution is -0.117. The lowest BCUT2D eigenvalue weighted by Crippen LogP contribution is -2.46. The monoisotopic (exact) mass is 249 g/mol.